The topological polar surface area (TPSA) is 75.6 Å². The number of ether oxygens (including phenoxy) is 1. The van der Waals surface area contributed by atoms with Crippen LogP contribution in [0, 0.1) is 5.82 Å². The molecule has 0 heterocycles. The standard InChI is InChI=1S/C10H10FNO4/c1-16-5-9(13)12-8-3-2-6(10(14)15)4-7(8)11/h2-4H,5H2,1H3,(H,12,13)(H,14,15). The van der Waals surface area contributed by atoms with E-state index in [-0.39, 0.29) is 17.9 Å². The van der Waals surface area contributed by atoms with Crippen LogP contribution in [0.3, 0.4) is 0 Å². The number of carbonyl (C=O) groups excluding carboxylic acids is 1. The summed E-state index contributed by atoms with van der Waals surface area (Å²) in [7, 11) is 1.34. The zero-order valence-corrected chi connectivity index (χ0v) is 8.49. The Kier molecular flexibility index (Phi) is 3.96. The first kappa shape index (κ1) is 12.1. The lowest BCUT2D eigenvalue weighted by atomic mass is 10.2. The molecule has 86 valence electrons. The number of hydrogen-bond donors (Lipinski definition) is 2. The van der Waals surface area contributed by atoms with Crippen molar-refractivity contribution in [3.05, 3.63) is 29.6 Å². The number of benzene rings is 1. The minimum absolute atomic E-state index is 0.0768. The van der Waals surface area contributed by atoms with Crippen LogP contribution in [-0.4, -0.2) is 30.7 Å². The normalized spacial score (nSPS) is 9.88. The van der Waals surface area contributed by atoms with Crippen LogP contribution >= 0.6 is 0 Å². The zero-order chi connectivity index (χ0) is 12.1. The lowest BCUT2D eigenvalue weighted by molar-refractivity contribution is -0.119. The van der Waals surface area contributed by atoms with Crippen LogP contribution in [0.25, 0.3) is 0 Å². The zero-order valence-electron chi connectivity index (χ0n) is 8.49. The summed E-state index contributed by atoms with van der Waals surface area (Å²) in [6.45, 7) is -0.194. The number of carboxylic acids is 1. The summed E-state index contributed by atoms with van der Waals surface area (Å²) in [5.41, 5.74) is -0.255. The molecule has 16 heavy (non-hydrogen) atoms. The van der Waals surface area contributed by atoms with Crippen LogP contribution in [-0.2, 0) is 9.53 Å². The molecular formula is C10H10FNO4. The first-order chi connectivity index (χ1) is 7.54. The van der Waals surface area contributed by atoms with Crippen molar-refractivity contribution in [2.24, 2.45) is 0 Å². The van der Waals surface area contributed by atoms with Gasteiger partial charge in [0.15, 0.2) is 0 Å². The summed E-state index contributed by atoms with van der Waals surface area (Å²) >= 11 is 0. The van der Waals surface area contributed by atoms with Crippen molar-refractivity contribution in [1.82, 2.24) is 0 Å². The fourth-order valence-electron chi connectivity index (χ4n) is 1.07. The van der Waals surface area contributed by atoms with Gasteiger partial charge in [-0.15, -0.1) is 0 Å². The van der Waals surface area contributed by atoms with E-state index in [2.05, 4.69) is 10.1 Å². The summed E-state index contributed by atoms with van der Waals surface area (Å²) in [6.07, 6.45) is 0. The van der Waals surface area contributed by atoms with Crippen molar-refractivity contribution >= 4 is 17.6 Å². The molecule has 0 fully saturated rings. The van der Waals surface area contributed by atoms with Crippen molar-refractivity contribution in [3.63, 3.8) is 0 Å². The highest BCUT2D eigenvalue weighted by Gasteiger charge is 2.10. The molecule has 1 aromatic carbocycles. The van der Waals surface area contributed by atoms with E-state index in [4.69, 9.17) is 5.11 Å². The summed E-state index contributed by atoms with van der Waals surface area (Å²) in [4.78, 5) is 21.6. The maximum Gasteiger partial charge on any atom is 0.335 e. The number of carboxylic acid groups (broad SMARTS) is 1. The third kappa shape index (κ3) is 3.03. The second-order valence-electron chi connectivity index (χ2n) is 2.98. The van der Waals surface area contributed by atoms with E-state index in [9.17, 15) is 14.0 Å². The minimum atomic E-state index is -1.23. The molecule has 0 atom stereocenters. The van der Waals surface area contributed by atoms with Gasteiger partial charge in [-0.05, 0) is 18.2 Å². The molecule has 5 nitrogen and oxygen atoms in total. The average molecular weight is 227 g/mol. The van der Waals surface area contributed by atoms with Gasteiger partial charge < -0.3 is 15.2 Å². The highest BCUT2D eigenvalue weighted by atomic mass is 19.1. The van der Waals surface area contributed by atoms with Gasteiger partial charge in [-0.3, -0.25) is 4.79 Å². The van der Waals surface area contributed by atoms with Crippen LogP contribution in [0.4, 0.5) is 10.1 Å². The lowest BCUT2D eigenvalue weighted by Gasteiger charge is -2.06. The van der Waals surface area contributed by atoms with Gasteiger partial charge in [0.1, 0.15) is 12.4 Å². The number of rotatable bonds is 4. The number of halogens is 1. The maximum atomic E-state index is 13.3. The molecule has 0 aliphatic carbocycles. The number of aromatic carboxylic acids is 1. The Morgan fingerprint density at radius 2 is 2.19 bits per heavy atom. The first-order valence-corrected chi connectivity index (χ1v) is 4.36. The van der Waals surface area contributed by atoms with E-state index in [0.29, 0.717) is 0 Å². The smallest absolute Gasteiger partial charge is 0.335 e. The first-order valence-electron chi connectivity index (χ1n) is 4.36. The van der Waals surface area contributed by atoms with Crippen LogP contribution < -0.4 is 5.32 Å². The van der Waals surface area contributed by atoms with E-state index in [1.807, 2.05) is 0 Å². The average Bonchev–Trinajstić information content (AvgIpc) is 2.21. The third-order valence-electron chi connectivity index (χ3n) is 1.77. The van der Waals surface area contributed by atoms with E-state index in [1.165, 1.54) is 19.2 Å². The molecule has 0 unspecified atom stereocenters. The van der Waals surface area contributed by atoms with Crippen LogP contribution in [0.1, 0.15) is 10.4 Å². The Hall–Kier alpha value is -1.95. The van der Waals surface area contributed by atoms with Gasteiger partial charge in [-0.1, -0.05) is 0 Å². The van der Waals surface area contributed by atoms with Crippen molar-refractivity contribution < 1.29 is 23.8 Å². The van der Waals surface area contributed by atoms with E-state index < -0.39 is 17.7 Å². The quantitative estimate of drug-likeness (QED) is 0.807. The van der Waals surface area contributed by atoms with E-state index in [1.54, 1.807) is 0 Å². The molecule has 0 radical (unpaired) electrons. The van der Waals surface area contributed by atoms with Gasteiger partial charge in [-0.2, -0.15) is 0 Å². The third-order valence-corrected chi connectivity index (χ3v) is 1.77. The molecule has 0 aromatic heterocycles. The summed E-state index contributed by atoms with van der Waals surface area (Å²) in [5.74, 6) is -2.54. The van der Waals surface area contributed by atoms with Crippen LogP contribution in [0.15, 0.2) is 18.2 Å². The predicted octanol–water partition coefficient (Wildman–Crippen LogP) is 1.11. The van der Waals surface area contributed by atoms with Gasteiger partial charge in [-0.25, -0.2) is 9.18 Å². The molecule has 0 saturated carbocycles. The van der Waals surface area contributed by atoms with Crippen molar-refractivity contribution in [3.8, 4) is 0 Å². The molecule has 0 saturated heterocycles. The summed E-state index contributed by atoms with van der Waals surface area (Å²) in [5, 5.41) is 10.8. The molecule has 0 bridgehead atoms. The number of hydrogen-bond acceptors (Lipinski definition) is 3. The van der Waals surface area contributed by atoms with Gasteiger partial charge in [0.05, 0.1) is 11.3 Å². The molecule has 2 N–H and O–H groups in total. The predicted molar refractivity (Wildman–Crippen MR) is 53.9 cm³/mol. The van der Waals surface area contributed by atoms with Gasteiger partial charge in [0, 0.05) is 7.11 Å². The van der Waals surface area contributed by atoms with Crippen molar-refractivity contribution in [2.75, 3.05) is 19.0 Å². The molecule has 1 amide bonds. The Morgan fingerprint density at radius 1 is 1.50 bits per heavy atom. The highest BCUT2D eigenvalue weighted by Crippen LogP contribution is 2.15. The van der Waals surface area contributed by atoms with Gasteiger partial charge in [0.25, 0.3) is 0 Å². The Morgan fingerprint density at radius 3 is 2.69 bits per heavy atom. The monoisotopic (exact) mass is 227 g/mol. The number of amides is 1. The largest absolute Gasteiger partial charge is 0.478 e. The minimum Gasteiger partial charge on any atom is -0.478 e. The summed E-state index contributed by atoms with van der Waals surface area (Å²) < 4.78 is 17.8. The number of carbonyl (C=O) groups is 2. The molecule has 0 spiro atoms. The van der Waals surface area contributed by atoms with Crippen molar-refractivity contribution in [2.45, 2.75) is 0 Å². The Balaban J connectivity index is 2.83. The fraction of sp³-hybridized carbons (Fsp3) is 0.200. The van der Waals surface area contributed by atoms with Crippen LogP contribution in [0.2, 0.25) is 0 Å². The maximum absolute atomic E-state index is 13.3. The second-order valence-corrected chi connectivity index (χ2v) is 2.98. The molecule has 0 aliphatic heterocycles. The van der Waals surface area contributed by atoms with Crippen LogP contribution in [0.5, 0.6) is 0 Å². The molecule has 0 aliphatic rings. The Labute approximate surface area is 90.8 Å². The number of nitrogens with one attached hydrogen (secondary N) is 1. The lowest BCUT2D eigenvalue weighted by Crippen LogP contribution is -2.18. The summed E-state index contributed by atoms with van der Waals surface area (Å²) in [6, 6.07) is 3.23. The molecular weight excluding hydrogens is 217 g/mol. The van der Waals surface area contributed by atoms with E-state index >= 15 is 0 Å². The second kappa shape index (κ2) is 5.22. The number of methoxy groups -OCH3 is 1. The molecule has 1 aromatic rings. The highest BCUT2D eigenvalue weighted by molar-refractivity contribution is 5.93. The number of anilines is 1. The van der Waals surface area contributed by atoms with E-state index in [0.717, 1.165) is 6.07 Å². The SMILES string of the molecule is COCC(=O)Nc1ccc(C(=O)O)cc1F. The van der Waals surface area contributed by atoms with Gasteiger partial charge >= 0.3 is 5.97 Å². The fourth-order valence-corrected chi connectivity index (χ4v) is 1.07. The van der Waals surface area contributed by atoms with Crippen molar-refractivity contribution in [1.29, 1.82) is 0 Å². The van der Waals surface area contributed by atoms with Gasteiger partial charge in [0.2, 0.25) is 5.91 Å². The Bertz CT molecular complexity index is 419. The molecule has 6 heteroatoms. The molecule has 1 rings (SSSR count).